The summed E-state index contributed by atoms with van der Waals surface area (Å²) in [5.74, 6) is 0.153. The number of ether oxygens (including phenoxy) is 1. The number of hydrogen-bond acceptors (Lipinski definition) is 4. The summed E-state index contributed by atoms with van der Waals surface area (Å²) < 4.78 is 5.16. The average Bonchev–Trinajstić information content (AvgIpc) is 2.91. The number of carbonyl (C=O) groups excluding carboxylic acids is 2. The molecular weight excluding hydrogens is 312 g/mol. The lowest BCUT2D eigenvalue weighted by atomic mass is 10.0. The minimum atomic E-state index is -0.499. The lowest BCUT2D eigenvalue weighted by molar-refractivity contribution is -0.133. The molecule has 1 aromatic rings. The molecule has 1 N–H and O–H groups in total. The molecule has 2 heterocycles. The summed E-state index contributed by atoms with van der Waals surface area (Å²) in [4.78, 5) is 27.3. The van der Waals surface area contributed by atoms with E-state index in [1.807, 2.05) is 25.7 Å². The van der Waals surface area contributed by atoms with E-state index in [1.54, 1.807) is 11.3 Å². The largest absolute Gasteiger partial charge is 0.444 e. The summed E-state index contributed by atoms with van der Waals surface area (Å²) in [5, 5.41) is 4.79. The molecule has 0 saturated heterocycles. The standard InChI is InChI=1S/C17H26N2O3S/c1-12-13-8-11-23-14(13)7-10-19(12)15(20)6-5-9-18-16(21)22-17(2,3)4/h8,11-12H,5-7,9-10H2,1-4H3,(H,18,21)/t12-/m0/s1. The lowest BCUT2D eigenvalue weighted by Gasteiger charge is -2.33. The molecule has 0 unspecified atom stereocenters. The number of nitrogens with zero attached hydrogens (tertiary/aromatic N) is 1. The smallest absolute Gasteiger partial charge is 0.407 e. The maximum absolute atomic E-state index is 12.4. The van der Waals surface area contributed by atoms with Crippen molar-refractivity contribution >= 4 is 23.3 Å². The van der Waals surface area contributed by atoms with Crippen molar-refractivity contribution in [1.82, 2.24) is 10.2 Å². The molecule has 1 aliphatic heterocycles. The van der Waals surface area contributed by atoms with E-state index in [0.717, 1.165) is 13.0 Å². The summed E-state index contributed by atoms with van der Waals surface area (Å²) in [6, 6.07) is 2.27. The molecule has 0 spiro atoms. The van der Waals surface area contributed by atoms with Crippen molar-refractivity contribution in [3.8, 4) is 0 Å². The van der Waals surface area contributed by atoms with Crippen LogP contribution in [0, 0.1) is 0 Å². The monoisotopic (exact) mass is 338 g/mol. The fourth-order valence-electron chi connectivity index (χ4n) is 2.74. The topological polar surface area (TPSA) is 58.6 Å². The van der Waals surface area contributed by atoms with Gasteiger partial charge in [0.2, 0.25) is 5.91 Å². The molecule has 0 radical (unpaired) electrons. The van der Waals surface area contributed by atoms with Crippen molar-refractivity contribution in [2.24, 2.45) is 0 Å². The van der Waals surface area contributed by atoms with Crippen LogP contribution in [0.2, 0.25) is 0 Å². The van der Waals surface area contributed by atoms with Crippen molar-refractivity contribution in [3.05, 3.63) is 21.9 Å². The quantitative estimate of drug-likeness (QED) is 0.855. The SMILES string of the molecule is C[C@H]1c2ccsc2CCN1C(=O)CCCNC(=O)OC(C)(C)C. The van der Waals surface area contributed by atoms with Crippen LogP contribution < -0.4 is 5.32 Å². The van der Waals surface area contributed by atoms with Gasteiger partial charge in [-0.25, -0.2) is 4.79 Å². The Labute approximate surface area is 142 Å². The summed E-state index contributed by atoms with van der Waals surface area (Å²) in [6.45, 7) is 8.80. The van der Waals surface area contributed by atoms with E-state index in [1.165, 1.54) is 10.4 Å². The Bertz CT molecular complexity index is 562. The number of thiophene rings is 1. The number of hydrogen-bond donors (Lipinski definition) is 1. The second kappa shape index (κ2) is 7.34. The first-order chi connectivity index (χ1) is 10.8. The lowest BCUT2D eigenvalue weighted by Crippen LogP contribution is -2.38. The van der Waals surface area contributed by atoms with Crippen molar-refractivity contribution < 1.29 is 14.3 Å². The van der Waals surface area contributed by atoms with E-state index in [2.05, 4.69) is 23.7 Å². The number of fused-ring (bicyclic) bond motifs is 1. The zero-order valence-electron chi connectivity index (χ0n) is 14.3. The summed E-state index contributed by atoms with van der Waals surface area (Å²) in [6.07, 6.45) is 1.58. The van der Waals surface area contributed by atoms with Gasteiger partial charge in [-0.3, -0.25) is 4.79 Å². The fourth-order valence-corrected chi connectivity index (χ4v) is 3.70. The van der Waals surface area contributed by atoms with Gasteiger partial charge in [-0.2, -0.15) is 0 Å². The molecule has 0 bridgehead atoms. The Hall–Kier alpha value is -1.56. The molecular formula is C17H26N2O3S. The van der Waals surface area contributed by atoms with Gasteiger partial charge in [-0.1, -0.05) is 0 Å². The summed E-state index contributed by atoms with van der Waals surface area (Å²) in [7, 11) is 0. The highest BCUT2D eigenvalue weighted by Gasteiger charge is 2.27. The molecule has 5 nitrogen and oxygen atoms in total. The fraction of sp³-hybridized carbons (Fsp3) is 0.647. The van der Waals surface area contributed by atoms with Gasteiger partial charge in [-0.05, 0) is 57.5 Å². The molecule has 2 amide bonds. The van der Waals surface area contributed by atoms with Crippen LogP contribution >= 0.6 is 11.3 Å². The number of carbonyl (C=O) groups is 2. The summed E-state index contributed by atoms with van der Waals surface area (Å²) >= 11 is 1.77. The molecule has 0 saturated carbocycles. The molecule has 2 rings (SSSR count). The van der Waals surface area contributed by atoms with Crippen molar-refractivity contribution in [3.63, 3.8) is 0 Å². The predicted molar refractivity (Wildman–Crippen MR) is 91.6 cm³/mol. The van der Waals surface area contributed by atoms with Gasteiger partial charge < -0.3 is 15.0 Å². The van der Waals surface area contributed by atoms with Gasteiger partial charge in [0.1, 0.15) is 5.60 Å². The number of nitrogens with one attached hydrogen (secondary N) is 1. The van der Waals surface area contributed by atoms with E-state index >= 15 is 0 Å². The first kappa shape index (κ1) is 17.8. The first-order valence-electron chi connectivity index (χ1n) is 8.10. The van der Waals surface area contributed by atoms with Crippen LogP contribution in [0.25, 0.3) is 0 Å². The molecule has 23 heavy (non-hydrogen) atoms. The maximum atomic E-state index is 12.4. The summed E-state index contributed by atoms with van der Waals surface area (Å²) in [5.41, 5.74) is 0.781. The third kappa shape index (κ3) is 4.96. The molecule has 0 aliphatic carbocycles. The molecule has 1 atom stereocenters. The highest BCUT2D eigenvalue weighted by Crippen LogP contribution is 2.33. The predicted octanol–water partition coefficient (Wildman–Crippen LogP) is 3.50. The molecule has 6 heteroatoms. The van der Waals surface area contributed by atoms with Crippen LogP contribution in [0.5, 0.6) is 0 Å². The van der Waals surface area contributed by atoms with Crippen molar-refractivity contribution in [2.45, 2.75) is 58.6 Å². The maximum Gasteiger partial charge on any atom is 0.407 e. The Morgan fingerprint density at radius 2 is 2.17 bits per heavy atom. The van der Waals surface area contributed by atoms with E-state index in [4.69, 9.17) is 4.74 Å². The van der Waals surface area contributed by atoms with Crippen LogP contribution in [0.1, 0.15) is 57.0 Å². The second-order valence-electron chi connectivity index (χ2n) is 6.84. The first-order valence-corrected chi connectivity index (χ1v) is 8.98. The minimum Gasteiger partial charge on any atom is -0.444 e. The van der Waals surface area contributed by atoms with Crippen LogP contribution in [-0.2, 0) is 16.0 Å². The average molecular weight is 338 g/mol. The molecule has 1 aromatic heterocycles. The van der Waals surface area contributed by atoms with Gasteiger partial charge in [0, 0.05) is 24.4 Å². The van der Waals surface area contributed by atoms with Crippen LogP contribution in [0.3, 0.4) is 0 Å². The Balaban J connectivity index is 1.73. The van der Waals surface area contributed by atoms with Crippen molar-refractivity contribution in [2.75, 3.05) is 13.1 Å². The van der Waals surface area contributed by atoms with Gasteiger partial charge in [0.05, 0.1) is 6.04 Å². The Morgan fingerprint density at radius 1 is 1.43 bits per heavy atom. The second-order valence-corrected chi connectivity index (χ2v) is 7.85. The van der Waals surface area contributed by atoms with E-state index in [-0.39, 0.29) is 11.9 Å². The number of rotatable bonds is 4. The normalized spacial score (nSPS) is 17.6. The van der Waals surface area contributed by atoms with Gasteiger partial charge in [-0.15, -0.1) is 11.3 Å². The van der Waals surface area contributed by atoms with E-state index in [9.17, 15) is 9.59 Å². The zero-order valence-corrected chi connectivity index (χ0v) is 15.2. The molecule has 0 fully saturated rings. The minimum absolute atomic E-state index is 0.149. The molecule has 0 aromatic carbocycles. The molecule has 128 valence electrons. The van der Waals surface area contributed by atoms with Gasteiger partial charge in [0.25, 0.3) is 0 Å². The third-order valence-corrected chi connectivity index (χ3v) is 4.83. The van der Waals surface area contributed by atoms with E-state index < -0.39 is 11.7 Å². The number of amides is 2. The van der Waals surface area contributed by atoms with Crippen LogP contribution in [0.15, 0.2) is 11.4 Å². The van der Waals surface area contributed by atoms with E-state index in [0.29, 0.717) is 19.4 Å². The third-order valence-electron chi connectivity index (χ3n) is 3.83. The van der Waals surface area contributed by atoms with Crippen LogP contribution in [0.4, 0.5) is 4.79 Å². The van der Waals surface area contributed by atoms with Crippen molar-refractivity contribution in [1.29, 1.82) is 0 Å². The Morgan fingerprint density at radius 3 is 2.87 bits per heavy atom. The van der Waals surface area contributed by atoms with Gasteiger partial charge >= 0.3 is 6.09 Å². The Kier molecular flexibility index (Phi) is 5.68. The zero-order chi connectivity index (χ0) is 17.0. The highest BCUT2D eigenvalue weighted by atomic mass is 32.1. The highest BCUT2D eigenvalue weighted by molar-refractivity contribution is 7.10. The van der Waals surface area contributed by atoms with Gasteiger partial charge in [0.15, 0.2) is 0 Å². The molecule has 1 aliphatic rings. The number of alkyl carbamates (subject to hydrolysis) is 1. The van der Waals surface area contributed by atoms with Crippen LogP contribution in [-0.4, -0.2) is 35.6 Å².